The molecule has 0 amide bonds. The number of aliphatic hydroxyl groups excluding tert-OH is 1. The normalized spacial score (nSPS) is 14.1. The van der Waals surface area contributed by atoms with E-state index in [0.29, 0.717) is 26.4 Å². The molecule has 0 aliphatic heterocycles. The van der Waals surface area contributed by atoms with Crippen LogP contribution >= 0.6 is 0 Å². The molecular formula is C15H33NO3. The smallest absolute Gasteiger partial charge is 0.0897 e. The first kappa shape index (κ1) is 18.8. The molecule has 4 nitrogen and oxygen atoms in total. The van der Waals surface area contributed by atoms with Crippen LogP contribution in [0.3, 0.4) is 0 Å². The number of rotatable bonds is 12. The van der Waals surface area contributed by atoms with E-state index in [4.69, 9.17) is 9.47 Å². The lowest BCUT2D eigenvalue weighted by Gasteiger charge is -2.33. The molecule has 0 saturated carbocycles. The van der Waals surface area contributed by atoms with Crippen molar-refractivity contribution >= 4 is 0 Å². The Morgan fingerprint density at radius 2 is 1.63 bits per heavy atom. The standard InChI is InChI=1S/C15H33NO3/c1-6-15(7-2,8-3)16-11-14(17)12-18-9-10-19-13(4)5/h13-14,16-17H,6-12H2,1-5H3. The van der Waals surface area contributed by atoms with Crippen molar-refractivity contribution in [2.45, 2.75) is 71.6 Å². The summed E-state index contributed by atoms with van der Waals surface area (Å²) in [6.45, 7) is 12.6. The summed E-state index contributed by atoms with van der Waals surface area (Å²) >= 11 is 0. The van der Waals surface area contributed by atoms with Gasteiger partial charge in [-0.1, -0.05) is 20.8 Å². The first-order valence-corrected chi connectivity index (χ1v) is 7.62. The zero-order valence-electron chi connectivity index (χ0n) is 13.4. The molecular weight excluding hydrogens is 242 g/mol. The number of aliphatic hydroxyl groups is 1. The second-order valence-electron chi connectivity index (χ2n) is 5.37. The second kappa shape index (κ2) is 10.6. The van der Waals surface area contributed by atoms with Gasteiger partial charge in [0.05, 0.1) is 32.0 Å². The number of hydrogen-bond acceptors (Lipinski definition) is 4. The summed E-state index contributed by atoms with van der Waals surface area (Å²) in [6.07, 6.45) is 3.01. The largest absolute Gasteiger partial charge is 0.389 e. The third-order valence-corrected chi connectivity index (χ3v) is 3.73. The summed E-state index contributed by atoms with van der Waals surface area (Å²) < 4.78 is 10.8. The van der Waals surface area contributed by atoms with E-state index in [1.807, 2.05) is 13.8 Å². The van der Waals surface area contributed by atoms with Crippen LogP contribution in [0.4, 0.5) is 0 Å². The van der Waals surface area contributed by atoms with Gasteiger partial charge in [0.15, 0.2) is 0 Å². The molecule has 1 atom stereocenters. The minimum Gasteiger partial charge on any atom is -0.389 e. The van der Waals surface area contributed by atoms with Gasteiger partial charge in [-0.2, -0.15) is 0 Å². The molecule has 0 spiro atoms. The molecule has 0 aromatic carbocycles. The Balaban J connectivity index is 3.71. The van der Waals surface area contributed by atoms with E-state index in [1.165, 1.54) is 0 Å². The van der Waals surface area contributed by atoms with E-state index in [1.54, 1.807) is 0 Å². The fourth-order valence-electron chi connectivity index (χ4n) is 2.08. The Bertz CT molecular complexity index is 197. The molecule has 116 valence electrons. The van der Waals surface area contributed by atoms with Gasteiger partial charge in [0.25, 0.3) is 0 Å². The minimum atomic E-state index is -0.455. The number of β-amino-alcohol motifs (C(OH)–C–C–N with tert-alkyl or cyclic N) is 1. The molecule has 0 saturated heterocycles. The van der Waals surface area contributed by atoms with Gasteiger partial charge < -0.3 is 19.9 Å². The van der Waals surface area contributed by atoms with Crippen LogP contribution in [0, 0.1) is 0 Å². The Hall–Kier alpha value is -0.160. The molecule has 0 aromatic rings. The van der Waals surface area contributed by atoms with Gasteiger partial charge in [-0.15, -0.1) is 0 Å². The van der Waals surface area contributed by atoms with Crippen LogP contribution in [0.25, 0.3) is 0 Å². The summed E-state index contributed by atoms with van der Waals surface area (Å²) in [5, 5.41) is 13.4. The highest BCUT2D eigenvalue weighted by molar-refractivity contribution is 4.84. The van der Waals surface area contributed by atoms with E-state index >= 15 is 0 Å². The number of nitrogens with one attached hydrogen (secondary N) is 1. The summed E-state index contributed by atoms with van der Waals surface area (Å²) in [7, 11) is 0. The average Bonchev–Trinajstić information content (AvgIpc) is 2.40. The molecule has 0 fully saturated rings. The molecule has 1 unspecified atom stereocenters. The van der Waals surface area contributed by atoms with Gasteiger partial charge in [-0.3, -0.25) is 0 Å². The lowest BCUT2D eigenvalue weighted by molar-refractivity contribution is -0.0119. The first-order chi connectivity index (χ1) is 8.99. The van der Waals surface area contributed by atoms with Crippen molar-refractivity contribution in [2.24, 2.45) is 0 Å². The van der Waals surface area contributed by atoms with Crippen molar-refractivity contribution in [3.05, 3.63) is 0 Å². The van der Waals surface area contributed by atoms with E-state index in [9.17, 15) is 5.11 Å². The van der Waals surface area contributed by atoms with E-state index < -0.39 is 6.10 Å². The Morgan fingerprint density at radius 1 is 1.05 bits per heavy atom. The highest BCUT2D eigenvalue weighted by Crippen LogP contribution is 2.18. The van der Waals surface area contributed by atoms with Crippen LogP contribution in [0.15, 0.2) is 0 Å². The highest BCUT2D eigenvalue weighted by atomic mass is 16.5. The maximum absolute atomic E-state index is 9.88. The van der Waals surface area contributed by atoms with Gasteiger partial charge in [0.1, 0.15) is 0 Å². The zero-order chi connectivity index (χ0) is 14.7. The van der Waals surface area contributed by atoms with Crippen molar-refractivity contribution in [1.82, 2.24) is 5.32 Å². The fourth-order valence-corrected chi connectivity index (χ4v) is 2.08. The molecule has 0 radical (unpaired) electrons. The van der Waals surface area contributed by atoms with Gasteiger partial charge >= 0.3 is 0 Å². The molecule has 0 heterocycles. The second-order valence-corrected chi connectivity index (χ2v) is 5.37. The molecule has 19 heavy (non-hydrogen) atoms. The predicted molar refractivity (Wildman–Crippen MR) is 79.5 cm³/mol. The molecule has 0 aliphatic carbocycles. The molecule has 0 bridgehead atoms. The number of hydrogen-bond donors (Lipinski definition) is 2. The Labute approximate surface area is 118 Å². The van der Waals surface area contributed by atoms with Crippen LogP contribution in [0.1, 0.15) is 53.9 Å². The van der Waals surface area contributed by atoms with Crippen LogP contribution < -0.4 is 5.32 Å². The summed E-state index contributed by atoms with van der Waals surface area (Å²) in [5.74, 6) is 0. The van der Waals surface area contributed by atoms with E-state index in [2.05, 4.69) is 26.1 Å². The van der Waals surface area contributed by atoms with Crippen LogP contribution in [0.5, 0.6) is 0 Å². The molecule has 2 N–H and O–H groups in total. The van der Waals surface area contributed by atoms with Crippen LogP contribution in [-0.4, -0.2) is 49.2 Å². The maximum Gasteiger partial charge on any atom is 0.0897 e. The van der Waals surface area contributed by atoms with Crippen molar-refractivity contribution < 1.29 is 14.6 Å². The van der Waals surface area contributed by atoms with Gasteiger partial charge in [0, 0.05) is 12.1 Å². The van der Waals surface area contributed by atoms with Gasteiger partial charge in [-0.05, 0) is 33.1 Å². The quantitative estimate of drug-likeness (QED) is 0.537. The minimum absolute atomic E-state index is 0.154. The van der Waals surface area contributed by atoms with E-state index in [0.717, 1.165) is 19.3 Å². The number of ether oxygens (including phenoxy) is 2. The van der Waals surface area contributed by atoms with Crippen LogP contribution in [0.2, 0.25) is 0 Å². The highest BCUT2D eigenvalue weighted by Gasteiger charge is 2.23. The summed E-state index contributed by atoms with van der Waals surface area (Å²) in [6, 6.07) is 0. The fraction of sp³-hybridized carbons (Fsp3) is 1.00. The Kier molecular flexibility index (Phi) is 10.5. The predicted octanol–water partition coefficient (Wildman–Crippen LogP) is 2.35. The lowest BCUT2D eigenvalue weighted by atomic mass is 9.90. The lowest BCUT2D eigenvalue weighted by Crippen LogP contribution is -2.47. The topological polar surface area (TPSA) is 50.7 Å². The van der Waals surface area contributed by atoms with Crippen molar-refractivity contribution in [1.29, 1.82) is 0 Å². The first-order valence-electron chi connectivity index (χ1n) is 7.62. The van der Waals surface area contributed by atoms with Crippen molar-refractivity contribution in [2.75, 3.05) is 26.4 Å². The average molecular weight is 275 g/mol. The van der Waals surface area contributed by atoms with Crippen molar-refractivity contribution in [3.8, 4) is 0 Å². The van der Waals surface area contributed by atoms with Crippen molar-refractivity contribution in [3.63, 3.8) is 0 Å². The maximum atomic E-state index is 9.88. The van der Waals surface area contributed by atoms with Gasteiger partial charge in [-0.25, -0.2) is 0 Å². The molecule has 0 aliphatic rings. The molecule has 0 aromatic heterocycles. The van der Waals surface area contributed by atoms with Crippen LogP contribution in [-0.2, 0) is 9.47 Å². The third-order valence-electron chi connectivity index (χ3n) is 3.73. The Morgan fingerprint density at radius 3 is 2.11 bits per heavy atom. The third kappa shape index (κ3) is 8.58. The molecule has 4 heteroatoms. The summed E-state index contributed by atoms with van der Waals surface area (Å²) in [4.78, 5) is 0. The summed E-state index contributed by atoms with van der Waals surface area (Å²) in [5.41, 5.74) is 0.154. The van der Waals surface area contributed by atoms with E-state index in [-0.39, 0.29) is 11.6 Å². The zero-order valence-corrected chi connectivity index (χ0v) is 13.4. The SMILES string of the molecule is CCC(CC)(CC)NCC(O)COCCOC(C)C. The van der Waals surface area contributed by atoms with Gasteiger partial charge in [0.2, 0.25) is 0 Å². The monoisotopic (exact) mass is 275 g/mol. The molecule has 0 rings (SSSR count).